The monoisotopic (exact) mass is 355 g/mol. The van der Waals surface area contributed by atoms with Gasteiger partial charge in [0.1, 0.15) is 0 Å². The predicted molar refractivity (Wildman–Crippen MR) is 78.3 cm³/mol. The van der Waals surface area contributed by atoms with E-state index >= 15 is 0 Å². The average Bonchev–Trinajstić information content (AvgIpc) is 3.12. The fourth-order valence-electron chi connectivity index (χ4n) is 3.23. The highest BCUT2D eigenvalue weighted by molar-refractivity contribution is 9.10. The summed E-state index contributed by atoms with van der Waals surface area (Å²) in [6.07, 6.45) is 3.17. The minimum atomic E-state index is -0.312. The number of nitrogens with one attached hydrogen (secondary N) is 1. The van der Waals surface area contributed by atoms with Gasteiger partial charge in [-0.05, 0) is 35.2 Å². The van der Waals surface area contributed by atoms with Crippen LogP contribution in [0.2, 0.25) is 0 Å². The number of halogens is 1. The quantitative estimate of drug-likeness (QED) is 0.876. The molecule has 4 rings (SSSR count). The number of hydrogen-bond donors (Lipinski definition) is 1. The van der Waals surface area contributed by atoms with Crippen molar-refractivity contribution in [2.45, 2.75) is 30.7 Å². The maximum absolute atomic E-state index is 12.9. The molecule has 1 aromatic heterocycles. The molecule has 114 valence electrons. The molecule has 1 saturated carbocycles. The van der Waals surface area contributed by atoms with Crippen LogP contribution in [0.25, 0.3) is 0 Å². The number of nitrogens with zero attached hydrogens (tertiary/aromatic N) is 2. The molecule has 1 aliphatic carbocycles. The van der Waals surface area contributed by atoms with E-state index in [4.69, 9.17) is 9.47 Å². The molecule has 1 N–H and O–H groups in total. The summed E-state index contributed by atoms with van der Waals surface area (Å²) in [5, 5.41) is 7.29. The van der Waals surface area contributed by atoms with Crippen LogP contribution in [0.5, 0.6) is 0 Å². The van der Waals surface area contributed by atoms with E-state index in [1.165, 1.54) is 12.8 Å². The minimum Gasteiger partial charge on any atom is -0.379 e. The van der Waals surface area contributed by atoms with Crippen molar-refractivity contribution in [3.05, 3.63) is 15.9 Å². The van der Waals surface area contributed by atoms with Gasteiger partial charge in [0.25, 0.3) is 5.91 Å². The summed E-state index contributed by atoms with van der Waals surface area (Å²) in [7, 11) is 0. The molecule has 3 aliphatic rings. The standard InChI is InChI=1S/C14H18BrN3O3/c15-10-11(9-1-2-9)16-17-12(10)13(19)18-4-6-21-8-14(18)3-5-20-7-14/h9H,1-8H2,(H,16,17). The van der Waals surface area contributed by atoms with Gasteiger partial charge in [0.05, 0.1) is 35.5 Å². The average molecular weight is 356 g/mol. The SMILES string of the molecule is O=C(c1n[nH]c(C2CC2)c1Br)N1CCOCC12CCOC2. The summed E-state index contributed by atoms with van der Waals surface area (Å²) in [4.78, 5) is 14.8. The molecule has 0 aromatic carbocycles. The highest BCUT2D eigenvalue weighted by Gasteiger charge is 2.46. The Balaban J connectivity index is 1.63. The van der Waals surface area contributed by atoms with Crippen LogP contribution in [0, 0.1) is 0 Å². The number of H-pyrrole nitrogens is 1. The van der Waals surface area contributed by atoms with E-state index in [0.717, 1.165) is 16.6 Å². The Morgan fingerprint density at radius 2 is 2.10 bits per heavy atom. The number of morpholine rings is 1. The smallest absolute Gasteiger partial charge is 0.276 e. The van der Waals surface area contributed by atoms with Gasteiger partial charge in [-0.3, -0.25) is 9.89 Å². The van der Waals surface area contributed by atoms with Crippen molar-refractivity contribution >= 4 is 21.8 Å². The first-order valence-electron chi connectivity index (χ1n) is 7.42. The maximum atomic E-state index is 12.9. The Kier molecular flexibility index (Phi) is 3.31. The lowest BCUT2D eigenvalue weighted by Gasteiger charge is -2.43. The molecule has 1 amide bonds. The molecule has 1 aromatic rings. The zero-order valence-electron chi connectivity index (χ0n) is 11.7. The molecule has 1 spiro atoms. The Morgan fingerprint density at radius 3 is 2.81 bits per heavy atom. The second-order valence-corrected chi connectivity index (χ2v) is 6.90. The van der Waals surface area contributed by atoms with Crippen molar-refractivity contribution in [3.8, 4) is 0 Å². The number of ether oxygens (including phenoxy) is 2. The van der Waals surface area contributed by atoms with Crippen LogP contribution in [-0.2, 0) is 9.47 Å². The van der Waals surface area contributed by atoms with Gasteiger partial charge in [-0.25, -0.2) is 0 Å². The molecule has 1 atom stereocenters. The van der Waals surface area contributed by atoms with Gasteiger partial charge >= 0.3 is 0 Å². The predicted octanol–water partition coefficient (Wildman–Crippen LogP) is 1.68. The van der Waals surface area contributed by atoms with Crippen molar-refractivity contribution < 1.29 is 14.3 Å². The summed E-state index contributed by atoms with van der Waals surface area (Å²) in [6.45, 7) is 2.96. The Bertz CT molecular complexity index is 564. The van der Waals surface area contributed by atoms with Gasteiger partial charge in [-0.2, -0.15) is 5.10 Å². The molecule has 2 saturated heterocycles. The van der Waals surface area contributed by atoms with Crippen molar-refractivity contribution in [2.24, 2.45) is 0 Å². The molecule has 3 heterocycles. The molecule has 1 unspecified atom stereocenters. The first-order chi connectivity index (χ1) is 10.2. The Morgan fingerprint density at radius 1 is 1.33 bits per heavy atom. The first-order valence-corrected chi connectivity index (χ1v) is 8.22. The zero-order valence-corrected chi connectivity index (χ0v) is 13.3. The summed E-state index contributed by atoms with van der Waals surface area (Å²) >= 11 is 3.55. The summed E-state index contributed by atoms with van der Waals surface area (Å²) < 4.78 is 11.9. The van der Waals surface area contributed by atoms with E-state index in [0.29, 0.717) is 44.6 Å². The number of rotatable bonds is 2. The molecule has 0 radical (unpaired) electrons. The molecule has 2 aliphatic heterocycles. The maximum Gasteiger partial charge on any atom is 0.276 e. The number of hydrogen-bond acceptors (Lipinski definition) is 4. The Hall–Kier alpha value is -0.920. The largest absolute Gasteiger partial charge is 0.379 e. The molecule has 3 fully saturated rings. The van der Waals surface area contributed by atoms with Gasteiger partial charge in [-0.1, -0.05) is 0 Å². The van der Waals surface area contributed by atoms with Crippen LogP contribution in [0.3, 0.4) is 0 Å². The van der Waals surface area contributed by atoms with Crippen molar-refractivity contribution in [2.75, 3.05) is 33.0 Å². The van der Waals surface area contributed by atoms with E-state index in [-0.39, 0.29) is 11.4 Å². The lowest BCUT2D eigenvalue weighted by Crippen LogP contribution is -2.59. The van der Waals surface area contributed by atoms with Crippen LogP contribution < -0.4 is 0 Å². The van der Waals surface area contributed by atoms with Gasteiger partial charge in [0, 0.05) is 19.1 Å². The normalized spacial score (nSPS) is 29.3. The fourth-order valence-corrected chi connectivity index (χ4v) is 3.90. The third-order valence-electron chi connectivity index (χ3n) is 4.65. The van der Waals surface area contributed by atoms with Crippen molar-refractivity contribution in [3.63, 3.8) is 0 Å². The van der Waals surface area contributed by atoms with E-state index in [1.807, 2.05) is 4.90 Å². The van der Waals surface area contributed by atoms with Gasteiger partial charge in [-0.15, -0.1) is 0 Å². The summed E-state index contributed by atoms with van der Waals surface area (Å²) in [6, 6.07) is 0. The topological polar surface area (TPSA) is 67.5 Å². The molecular formula is C14H18BrN3O3. The molecule has 7 heteroatoms. The number of carbonyl (C=O) groups excluding carboxylic acids is 1. The zero-order chi connectivity index (χ0) is 14.4. The fraction of sp³-hybridized carbons (Fsp3) is 0.714. The summed E-state index contributed by atoms with van der Waals surface area (Å²) in [5.74, 6) is 0.501. The molecule has 6 nitrogen and oxygen atoms in total. The highest BCUT2D eigenvalue weighted by Crippen LogP contribution is 2.43. The van der Waals surface area contributed by atoms with Gasteiger partial charge in [0.15, 0.2) is 5.69 Å². The highest BCUT2D eigenvalue weighted by atomic mass is 79.9. The number of aromatic amines is 1. The molecule has 0 bridgehead atoms. The van der Waals surface area contributed by atoms with E-state index in [2.05, 4.69) is 26.1 Å². The van der Waals surface area contributed by atoms with E-state index in [1.54, 1.807) is 0 Å². The number of amides is 1. The third-order valence-corrected chi connectivity index (χ3v) is 5.45. The van der Waals surface area contributed by atoms with Crippen LogP contribution in [0.1, 0.15) is 41.4 Å². The van der Waals surface area contributed by atoms with E-state index < -0.39 is 0 Å². The van der Waals surface area contributed by atoms with Crippen molar-refractivity contribution in [1.29, 1.82) is 0 Å². The third kappa shape index (κ3) is 2.22. The van der Waals surface area contributed by atoms with Crippen LogP contribution in [-0.4, -0.2) is 59.5 Å². The second-order valence-electron chi connectivity index (χ2n) is 6.11. The minimum absolute atomic E-state index is 0.0289. The number of carbonyl (C=O) groups is 1. The van der Waals surface area contributed by atoms with Crippen LogP contribution in [0.15, 0.2) is 4.47 Å². The van der Waals surface area contributed by atoms with E-state index in [9.17, 15) is 4.79 Å². The first kappa shape index (κ1) is 13.7. The van der Waals surface area contributed by atoms with Gasteiger partial charge < -0.3 is 14.4 Å². The number of aromatic nitrogens is 2. The van der Waals surface area contributed by atoms with Crippen LogP contribution in [0.4, 0.5) is 0 Å². The lowest BCUT2D eigenvalue weighted by atomic mass is 9.95. The lowest BCUT2D eigenvalue weighted by molar-refractivity contribution is -0.0553. The second kappa shape index (κ2) is 5.07. The van der Waals surface area contributed by atoms with Crippen molar-refractivity contribution in [1.82, 2.24) is 15.1 Å². The molecule has 21 heavy (non-hydrogen) atoms. The van der Waals surface area contributed by atoms with Crippen LogP contribution >= 0.6 is 15.9 Å². The van der Waals surface area contributed by atoms with Gasteiger partial charge in [0.2, 0.25) is 0 Å². The molecular weight excluding hydrogens is 338 g/mol. The Labute approximate surface area is 131 Å². The summed E-state index contributed by atoms with van der Waals surface area (Å²) in [5.41, 5.74) is 1.24.